The molecule has 1 amide bonds. The van der Waals surface area contributed by atoms with Crippen molar-refractivity contribution in [2.24, 2.45) is 5.92 Å². The van der Waals surface area contributed by atoms with Crippen LogP contribution in [-0.2, 0) is 4.74 Å². The number of nitrogens with zero attached hydrogens (tertiary/aromatic N) is 3. The van der Waals surface area contributed by atoms with Gasteiger partial charge in [0, 0.05) is 30.9 Å². The summed E-state index contributed by atoms with van der Waals surface area (Å²) in [7, 11) is 4.08. The Bertz CT molecular complexity index is 381. The molecule has 0 spiro atoms. The van der Waals surface area contributed by atoms with Gasteiger partial charge in [-0.15, -0.1) is 11.3 Å². The Balaban J connectivity index is 2.00. The third-order valence-electron chi connectivity index (χ3n) is 2.90. The van der Waals surface area contributed by atoms with Crippen LogP contribution in [0.5, 0.6) is 0 Å². The Labute approximate surface area is 111 Å². The predicted octanol–water partition coefficient (Wildman–Crippen LogP) is 0.793. The van der Waals surface area contributed by atoms with Crippen molar-refractivity contribution in [2.45, 2.75) is 0 Å². The van der Waals surface area contributed by atoms with Gasteiger partial charge in [-0.05, 0) is 14.1 Å². The topological polar surface area (TPSA) is 45.7 Å². The average Bonchev–Trinajstić information content (AvgIpc) is 2.75. The van der Waals surface area contributed by atoms with E-state index >= 15 is 0 Å². The van der Waals surface area contributed by atoms with Crippen LogP contribution in [0, 0.1) is 5.92 Å². The smallest absolute Gasteiger partial charge is 0.273 e. The molecule has 0 N–H and O–H groups in total. The van der Waals surface area contributed by atoms with Gasteiger partial charge in [0.15, 0.2) is 0 Å². The number of hydrogen-bond acceptors (Lipinski definition) is 5. The minimum absolute atomic E-state index is 0.0190. The van der Waals surface area contributed by atoms with Crippen molar-refractivity contribution < 1.29 is 9.53 Å². The molecule has 0 bridgehead atoms. The van der Waals surface area contributed by atoms with Crippen LogP contribution in [0.1, 0.15) is 10.5 Å². The summed E-state index contributed by atoms with van der Waals surface area (Å²) in [4.78, 5) is 20.3. The second-order valence-corrected chi connectivity index (χ2v) is 5.55. The lowest BCUT2D eigenvalue weighted by molar-refractivity contribution is 0.0730. The van der Waals surface area contributed by atoms with Gasteiger partial charge in [-0.3, -0.25) is 4.79 Å². The molecule has 18 heavy (non-hydrogen) atoms. The van der Waals surface area contributed by atoms with Crippen molar-refractivity contribution in [2.75, 3.05) is 46.9 Å². The Morgan fingerprint density at radius 3 is 3.17 bits per heavy atom. The second-order valence-electron chi connectivity index (χ2n) is 4.83. The van der Waals surface area contributed by atoms with Crippen molar-refractivity contribution in [1.29, 1.82) is 0 Å². The van der Waals surface area contributed by atoms with Gasteiger partial charge in [-0.1, -0.05) is 0 Å². The summed E-state index contributed by atoms with van der Waals surface area (Å²) in [5.41, 5.74) is 2.24. The molecule has 1 atom stereocenters. The summed E-state index contributed by atoms with van der Waals surface area (Å²) in [5.74, 6) is 0.385. The van der Waals surface area contributed by atoms with Gasteiger partial charge in [0.25, 0.3) is 5.91 Å². The maximum absolute atomic E-state index is 12.2. The number of rotatable bonds is 3. The van der Waals surface area contributed by atoms with Gasteiger partial charge in [0.1, 0.15) is 5.69 Å². The van der Waals surface area contributed by atoms with Crippen molar-refractivity contribution in [3.63, 3.8) is 0 Å². The van der Waals surface area contributed by atoms with Crippen LogP contribution in [0.4, 0.5) is 0 Å². The number of hydrogen-bond donors (Lipinski definition) is 0. The van der Waals surface area contributed by atoms with E-state index in [-0.39, 0.29) is 5.91 Å². The lowest BCUT2D eigenvalue weighted by Crippen LogP contribution is -2.38. The lowest BCUT2D eigenvalue weighted by Gasteiger charge is -2.24. The number of carbonyl (C=O) groups excluding carboxylic acids is 1. The standard InChI is InChI=1S/C12H19N3O2S/c1-14(2)5-10-6-15(3-4-17-7-10)12(16)11-8-18-9-13-11/h8-10H,3-7H2,1-2H3. The van der Waals surface area contributed by atoms with E-state index in [4.69, 9.17) is 4.74 Å². The van der Waals surface area contributed by atoms with E-state index in [1.807, 2.05) is 19.0 Å². The van der Waals surface area contributed by atoms with Gasteiger partial charge in [-0.2, -0.15) is 0 Å². The zero-order valence-electron chi connectivity index (χ0n) is 10.8. The summed E-state index contributed by atoms with van der Waals surface area (Å²) in [6, 6.07) is 0. The normalized spacial score (nSPS) is 21.1. The van der Waals surface area contributed by atoms with Crippen molar-refractivity contribution in [1.82, 2.24) is 14.8 Å². The predicted molar refractivity (Wildman–Crippen MR) is 70.9 cm³/mol. The van der Waals surface area contributed by atoms with Crippen molar-refractivity contribution in [3.8, 4) is 0 Å². The minimum Gasteiger partial charge on any atom is -0.379 e. The van der Waals surface area contributed by atoms with Gasteiger partial charge in [0.05, 0.1) is 18.7 Å². The summed E-state index contributed by atoms with van der Waals surface area (Å²) in [6.45, 7) is 3.66. The van der Waals surface area contributed by atoms with Crippen LogP contribution in [0.3, 0.4) is 0 Å². The quantitative estimate of drug-likeness (QED) is 0.814. The summed E-state index contributed by atoms with van der Waals surface area (Å²) in [6.07, 6.45) is 0. The van der Waals surface area contributed by atoms with Crippen molar-refractivity contribution in [3.05, 3.63) is 16.6 Å². The zero-order valence-corrected chi connectivity index (χ0v) is 11.7. The van der Waals surface area contributed by atoms with Gasteiger partial charge in [0.2, 0.25) is 0 Å². The highest BCUT2D eigenvalue weighted by molar-refractivity contribution is 7.07. The molecule has 0 radical (unpaired) electrons. The molecule has 1 aliphatic rings. The van der Waals surface area contributed by atoms with E-state index in [0.29, 0.717) is 24.8 Å². The molecule has 100 valence electrons. The fourth-order valence-corrected chi connectivity index (χ4v) is 2.70. The highest BCUT2D eigenvalue weighted by atomic mass is 32.1. The molecule has 1 saturated heterocycles. The monoisotopic (exact) mass is 269 g/mol. The van der Waals surface area contributed by atoms with Crippen LogP contribution in [0.15, 0.2) is 10.9 Å². The number of aromatic nitrogens is 1. The van der Waals surface area contributed by atoms with Crippen LogP contribution >= 0.6 is 11.3 Å². The molecule has 1 aromatic heterocycles. The van der Waals surface area contributed by atoms with E-state index in [0.717, 1.165) is 19.7 Å². The summed E-state index contributed by atoms with van der Waals surface area (Å²) in [5, 5.41) is 1.80. The molecule has 1 aliphatic heterocycles. The fourth-order valence-electron chi connectivity index (χ4n) is 2.17. The molecule has 2 heterocycles. The largest absolute Gasteiger partial charge is 0.379 e. The first-order valence-electron chi connectivity index (χ1n) is 6.06. The van der Waals surface area contributed by atoms with E-state index in [2.05, 4.69) is 9.88 Å². The van der Waals surface area contributed by atoms with Crippen LogP contribution in [0.25, 0.3) is 0 Å². The van der Waals surface area contributed by atoms with Gasteiger partial charge >= 0.3 is 0 Å². The molecule has 1 aromatic rings. The molecule has 0 saturated carbocycles. The number of amides is 1. The lowest BCUT2D eigenvalue weighted by atomic mass is 10.1. The first-order chi connectivity index (χ1) is 8.66. The number of thiazole rings is 1. The Hall–Kier alpha value is -0.980. The van der Waals surface area contributed by atoms with E-state index in [1.165, 1.54) is 11.3 Å². The first-order valence-corrected chi connectivity index (χ1v) is 7.01. The van der Waals surface area contributed by atoms with Crippen LogP contribution in [0.2, 0.25) is 0 Å². The molecule has 0 aromatic carbocycles. The molecular formula is C12H19N3O2S. The third kappa shape index (κ3) is 3.51. The molecule has 2 rings (SSSR count). The molecule has 6 heteroatoms. The zero-order chi connectivity index (χ0) is 13.0. The van der Waals surface area contributed by atoms with Crippen LogP contribution < -0.4 is 0 Å². The number of ether oxygens (including phenoxy) is 1. The Morgan fingerprint density at radius 2 is 2.50 bits per heavy atom. The maximum atomic E-state index is 12.2. The van der Waals surface area contributed by atoms with E-state index in [9.17, 15) is 4.79 Å². The fraction of sp³-hybridized carbons (Fsp3) is 0.667. The SMILES string of the molecule is CN(C)CC1COCCN(C(=O)c2cscn2)C1. The molecular weight excluding hydrogens is 250 g/mol. The summed E-state index contributed by atoms with van der Waals surface area (Å²) >= 11 is 1.45. The molecule has 0 aliphatic carbocycles. The number of carbonyl (C=O) groups is 1. The first kappa shape index (κ1) is 13.5. The molecule has 1 fully saturated rings. The minimum atomic E-state index is 0.0190. The highest BCUT2D eigenvalue weighted by Gasteiger charge is 2.24. The molecule has 1 unspecified atom stereocenters. The van der Waals surface area contributed by atoms with E-state index < -0.39 is 0 Å². The third-order valence-corrected chi connectivity index (χ3v) is 3.49. The average molecular weight is 269 g/mol. The van der Waals surface area contributed by atoms with Crippen molar-refractivity contribution >= 4 is 17.2 Å². The second kappa shape index (κ2) is 6.26. The maximum Gasteiger partial charge on any atom is 0.273 e. The van der Waals surface area contributed by atoms with Crippen LogP contribution in [-0.4, -0.2) is 67.6 Å². The Kier molecular flexibility index (Phi) is 4.68. The van der Waals surface area contributed by atoms with E-state index in [1.54, 1.807) is 10.9 Å². The molecule has 5 nitrogen and oxygen atoms in total. The van der Waals surface area contributed by atoms with Gasteiger partial charge in [-0.25, -0.2) is 4.98 Å². The highest BCUT2D eigenvalue weighted by Crippen LogP contribution is 2.12. The van der Waals surface area contributed by atoms with Gasteiger partial charge < -0.3 is 14.5 Å². The summed E-state index contributed by atoms with van der Waals surface area (Å²) < 4.78 is 5.57. The Morgan fingerprint density at radius 1 is 1.67 bits per heavy atom.